The predicted molar refractivity (Wildman–Crippen MR) is 128 cm³/mol. The standard InChI is InChI=1S/C26H21F4N5O2/c1-13(24-33-22-18(29)12-17(28)21(30)23(22)34-24)25-32-19-8-3-14(11-20(19)35(25)2)26(36)31-9-10-37-16-6-4-15(27)5-7-16/h3-8,11-13H,9-10H2,1-2H3,(H,31,36)(H,33,34). The number of ether oxygens (including phenoxy) is 1. The third kappa shape index (κ3) is 4.59. The van der Waals surface area contributed by atoms with Gasteiger partial charge >= 0.3 is 0 Å². The van der Waals surface area contributed by atoms with Crippen LogP contribution in [0.25, 0.3) is 22.1 Å². The molecule has 190 valence electrons. The minimum atomic E-state index is -1.30. The van der Waals surface area contributed by atoms with Crippen molar-refractivity contribution in [3.05, 3.63) is 89.0 Å². The Bertz CT molecular complexity index is 1630. The molecule has 1 amide bonds. The molecule has 5 aromatic rings. The minimum Gasteiger partial charge on any atom is -0.492 e. The van der Waals surface area contributed by atoms with Gasteiger partial charge in [0.1, 0.15) is 40.9 Å². The summed E-state index contributed by atoms with van der Waals surface area (Å²) in [6.07, 6.45) is 0. The Hall–Kier alpha value is -4.41. The van der Waals surface area contributed by atoms with E-state index >= 15 is 0 Å². The molecule has 0 aliphatic carbocycles. The summed E-state index contributed by atoms with van der Waals surface area (Å²) in [6, 6.07) is 11.1. The van der Waals surface area contributed by atoms with Crippen molar-refractivity contribution in [1.82, 2.24) is 24.8 Å². The monoisotopic (exact) mass is 511 g/mol. The van der Waals surface area contributed by atoms with Crippen LogP contribution in [-0.4, -0.2) is 38.6 Å². The lowest BCUT2D eigenvalue weighted by Gasteiger charge is -2.09. The van der Waals surface area contributed by atoms with E-state index in [0.717, 1.165) is 0 Å². The second-order valence-corrected chi connectivity index (χ2v) is 8.51. The van der Waals surface area contributed by atoms with Crippen LogP contribution < -0.4 is 10.1 Å². The second kappa shape index (κ2) is 9.57. The van der Waals surface area contributed by atoms with Gasteiger partial charge in [-0.1, -0.05) is 0 Å². The zero-order valence-electron chi connectivity index (χ0n) is 19.8. The topological polar surface area (TPSA) is 84.8 Å². The molecular weight excluding hydrogens is 490 g/mol. The number of hydrogen-bond donors (Lipinski definition) is 2. The number of nitrogens with zero attached hydrogens (tertiary/aromatic N) is 3. The Balaban J connectivity index is 1.32. The maximum atomic E-state index is 14.1. The van der Waals surface area contributed by atoms with E-state index in [1.165, 1.54) is 24.3 Å². The molecule has 0 aliphatic rings. The SMILES string of the molecule is CC(c1nc2c(F)cc(F)c(F)c2[nH]1)c1nc2ccc(C(=O)NCCOc3ccc(F)cc3)cc2n1C. The number of rotatable bonds is 7. The van der Waals surface area contributed by atoms with Crippen LogP contribution in [0.2, 0.25) is 0 Å². The molecule has 0 radical (unpaired) electrons. The van der Waals surface area contributed by atoms with E-state index in [-0.39, 0.29) is 41.7 Å². The molecule has 2 heterocycles. The van der Waals surface area contributed by atoms with Gasteiger partial charge in [0.25, 0.3) is 5.91 Å². The van der Waals surface area contributed by atoms with E-state index in [2.05, 4.69) is 20.3 Å². The van der Waals surface area contributed by atoms with Gasteiger partial charge in [0, 0.05) is 18.7 Å². The van der Waals surface area contributed by atoms with Crippen LogP contribution in [0.1, 0.15) is 34.8 Å². The lowest BCUT2D eigenvalue weighted by atomic mass is 10.1. The van der Waals surface area contributed by atoms with Gasteiger partial charge in [-0.3, -0.25) is 4.79 Å². The Morgan fingerprint density at radius 1 is 1.05 bits per heavy atom. The molecule has 11 heteroatoms. The highest BCUT2D eigenvalue weighted by Gasteiger charge is 2.23. The molecular formula is C26H21F4N5O2. The lowest BCUT2D eigenvalue weighted by molar-refractivity contribution is 0.0947. The first-order valence-corrected chi connectivity index (χ1v) is 11.4. The van der Waals surface area contributed by atoms with E-state index < -0.39 is 23.4 Å². The minimum absolute atomic E-state index is 0.204. The zero-order valence-corrected chi connectivity index (χ0v) is 19.8. The maximum absolute atomic E-state index is 14.1. The number of imidazole rings is 2. The number of aromatic nitrogens is 4. The first-order valence-electron chi connectivity index (χ1n) is 11.4. The van der Waals surface area contributed by atoms with Crippen molar-refractivity contribution in [2.75, 3.05) is 13.2 Å². The molecule has 2 N–H and O–H groups in total. The number of benzene rings is 3. The van der Waals surface area contributed by atoms with Crippen LogP contribution in [0, 0.1) is 23.3 Å². The molecule has 0 aliphatic heterocycles. The molecule has 0 fully saturated rings. The molecule has 0 saturated carbocycles. The number of amides is 1. The smallest absolute Gasteiger partial charge is 0.251 e. The highest BCUT2D eigenvalue weighted by Crippen LogP contribution is 2.29. The summed E-state index contributed by atoms with van der Waals surface area (Å²) in [6.45, 7) is 2.19. The third-order valence-electron chi connectivity index (χ3n) is 6.08. The largest absolute Gasteiger partial charge is 0.492 e. The number of carbonyl (C=O) groups is 1. The van der Waals surface area contributed by atoms with Crippen molar-refractivity contribution in [2.45, 2.75) is 12.8 Å². The van der Waals surface area contributed by atoms with Crippen LogP contribution in [0.5, 0.6) is 5.75 Å². The number of aryl methyl sites for hydroxylation is 1. The number of carbonyl (C=O) groups excluding carboxylic acids is 1. The Morgan fingerprint density at radius 2 is 1.81 bits per heavy atom. The first-order chi connectivity index (χ1) is 17.7. The Morgan fingerprint density at radius 3 is 2.57 bits per heavy atom. The average molecular weight is 511 g/mol. The van der Waals surface area contributed by atoms with E-state index in [0.29, 0.717) is 34.2 Å². The zero-order chi connectivity index (χ0) is 26.3. The van der Waals surface area contributed by atoms with Gasteiger partial charge in [0.15, 0.2) is 17.5 Å². The van der Waals surface area contributed by atoms with Crippen molar-refractivity contribution < 1.29 is 27.1 Å². The normalized spacial score (nSPS) is 12.3. The van der Waals surface area contributed by atoms with Gasteiger partial charge in [-0.25, -0.2) is 27.5 Å². The van der Waals surface area contributed by atoms with Crippen molar-refractivity contribution in [1.29, 1.82) is 0 Å². The quantitative estimate of drug-likeness (QED) is 0.184. The maximum Gasteiger partial charge on any atom is 0.251 e. The molecule has 1 unspecified atom stereocenters. The molecule has 2 aromatic heterocycles. The third-order valence-corrected chi connectivity index (χ3v) is 6.08. The van der Waals surface area contributed by atoms with Crippen LogP contribution in [0.4, 0.5) is 17.6 Å². The molecule has 7 nitrogen and oxygen atoms in total. The predicted octanol–water partition coefficient (Wildman–Crippen LogP) is 4.97. The van der Waals surface area contributed by atoms with Gasteiger partial charge in [0.2, 0.25) is 0 Å². The number of halogens is 4. The summed E-state index contributed by atoms with van der Waals surface area (Å²) in [7, 11) is 1.75. The van der Waals surface area contributed by atoms with E-state index in [1.54, 1.807) is 36.7 Å². The van der Waals surface area contributed by atoms with E-state index in [4.69, 9.17) is 4.74 Å². The number of hydrogen-bond acceptors (Lipinski definition) is 4. The summed E-state index contributed by atoms with van der Waals surface area (Å²) in [5, 5.41) is 2.77. The summed E-state index contributed by atoms with van der Waals surface area (Å²) < 4.78 is 62.1. The molecule has 0 bridgehead atoms. The number of aromatic amines is 1. The fraction of sp³-hybridized carbons (Fsp3) is 0.192. The van der Waals surface area contributed by atoms with Crippen LogP contribution >= 0.6 is 0 Å². The van der Waals surface area contributed by atoms with Crippen molar-refractivity contribution in [3.8, 4) is 5.75 Å². The lowest BCUT2D eigenvalue weighted by Crippen LogP contribution is -2.28. The number of fused-ring (bicyclic) bond motifs is 2. The highest BCUT2D eigenvalue weighted by molar-refractivity contribution is 5.97. The number of nitrogens with one attached hydrogen (secondary N) is 2. The van der Waals surface area contributed by atoms with Crippen molar-refractivity contribution >= 4 is 28.0 Å². The second-order valence-electron chi connectivity index (χ2n) is 8.51. The fourth-order valence-electron chi connectivity index (χ4n) is 4.12. The summed E-state index contributed by atoms with van der Waals surface area (Å²) in [5.74, 6) is -3.43. The van der Waals surface area contributed by atoms with Crippen LogP contribution in [0.3, 0.4) is 0 Å². The fourth-order valence-corrected chi connectivity index (χ4v) is 4.12. The Labute approximate surface area is 208 Å². The molecule has 3 aromatic carbocycles. The average Bonchev–Trinajstić information content (AvgIpc) is 3.48. The van der Waals surface area contributed by atoms with Crippen molar-refractivity contribution in [2.24, 2.45) is 7.05 Å². The van der Waals surface area contributed by atoms with Gasteiger partial charge in [-0.05, 0) is 49.4 Å². The molecule has 0 saturated heterocycles. The van der Waals surface area contributed by atoms with E-state index in [9.17, 15) is 22.4 Å². The first kappa shape index (κ1) is 24.3. The highest BCUT2D eigenvalue weighted by atomic mass is 19.2. The van der Waals surface area contributed by atoms with Crippen molar-refractivity contribution in [3.63, 3.8) is 0 Å². The van der Waals surface area contributed by atoms with Gasteiger partial charge in [0.05, 0.1) is 23.5 Å². The summed E-state index contributed by atoms with van der Waals surface area (Å²) >= 11 is 0. The van der Waals surface area contributed by atoms with Crippen LogP contribution in [-0.2, 0) is 7.05 Å². The number of H-pyrrole nitrogens is 1. The molecule has 0 spiro atoms. The van der Waals surface area contributed by atoms with Crippen LogP contribution in [0.15, 0.2) is 48.5 Å². The van der Waals surface area contributed by atoms with E-state index in [1.807, 2.05) is 0 Å². The van der Waals surface area contributed by atoms with Gasteiger partial charge in [-0.2, -0.15) is 0 Å². The summed E-state index contributed by atoms with van der Waals surface area (Å²) in [5.41, 5.74) is 1.04. The summed E-state index contributed by atoms with van der Waals surface area (Å²) in [4.78, 5) is 24.1. The molecule has 1 atom stereocenters. The van der Waals surface area contributed by atoms with Gasteiger partial charge < -0.3 is 19.6 Å². The van der Waals surface area contributed by atoms with Gasteiger partial charge in [-0.15, -0.1) is 0 Å². The Kier molecular flexibility index (Phi) is 6.28. The molecule has 37 heavy (non-hydrogen) atoms. The molecule has 5 rings (SSSR count).